The highest BCUT2D eigenvalue weighted by atomic mass is 35.5. The highest BCUT2D eigenvalue weighted by Gasteiger charge is 2.27. The number of nitrogens with zero attached hydrogens (tertiary/aromatic N) is 3. The first-order valence-electron chi connectivity index (χ1n) is 12.3. The molecule has 0 fully saturated rings. The Morgan fingerprint density at radius 2 is 1.62 bits per heavy atom. The van der Waals surface area contributed by atoms with Crippen molar-refractivity contribution in [3.05, 3.63) is 131 Å². The van der Waals surface area contributed by atoms with Crippen LogP contribution in [0.25, 0.3) is 11.3 Å². The van der Waals surface area contributed by atoms with Crippen LogP contribution in [0.1, 0.15) is 26.3 Å². The van der Waals surface area contributed by atoms with Crippen LogP contribution in [-0.2, 0) is 6.54 Å². The molecule has 7 nitrogen and oxygen atoms in total. The van der Waals surface area contributed by atoms with Crippen molar-refractivity contribution in [3.63, 3.8) is 0 Å². The SMILES string of the molecule is O=C(Nc1ccc(C(=O)N2Cc3cccnc3Nc3ccccc32)c(Cl)c1)c1ccccc1-c1ccccn1. The Balaban J connectivity index is 1.28. The van der Waals surface area contributed by atoms with E-state index < -0.39 is 0 Å². The molecule has 0 aliphatic carbocycles. The number of hydrogen-bond acceptors (Lipinski definition) is 5. The lowest BCUT2D eigenvalue weighted by Crippen LogP contribution is -2.30. The third-order valence-corrected chi connectivity index (χ3v) is 6.80. The fraction of sp³-hybridized carbons (Fsp3) is 0.0323. The summed E-state index contributed by atoms with van der Waals surface area (Å²) in [6, 6.07) is 29.1. The summed E-state index contributed by atoms with van der Waals surface area (Å²) in [7, 11) is 0. The molecule has 2 aromatic heterocycles. The van der Waals surface area contributed by atoms with E-state index in [2.05, 4.69) is 20.6 Å². The Labute approximate surface area is 230 Å². The lowest BCUT2D eigenvalue weighted by Gasteiger charge is -2.23. The van der Waals surface area contributed by atoms with Crippen molar-refractivity contribution in [2.75, 3.05) is 15.5 Å². The smallest absolute Gasteiger partial charge is 0.260 e. The Morgan fingerprint density at radius 1 is 0.821 bits per heavy atom. The zero-order chi connectivity index (χ0) is 26.8. The number of pyridine rings is 2. The van der Waals surface area contributed by atoms with E-state index in [-0.39, 0.29) is 16.8 Å². The van der Waals surface area contributed by atoms with Gasteiger partial charge in [-0.25, -0.2) is 4.98 Å². The van der Waals surface area contributed by atoms with Gasteiger partial charge in [0.1, 0.15) is 5.82 Å². The Kier molecular flexibility index (Phi) is 6.49. The molecule has 0 bridgehead atoms. The number of benzene rings is 3. The molecule has 1 aliphatic heterocycles. The quantitative estimate of drug-likeness (QED) is 0.262. The molecule has 0 radical (unpaired) electrons. The summed E-state index contributed by atoms with van der Waals surface area (Å²) in [4.78, 5) is 37.5. The molecule has 0 saturated heterocycles. The molecule has 5 aromatic rings. The van der Waals surface area contributed by atoms with E-state index >= 15 is 0 Å². The van der Waals surface area contributed by atoms with Crippen LogP contribution in [0.5, 0.6) is 0 Å². The van der Waals surface area contributed by atoms with Crippen LogP contribution in [0.4, 0.5) is 22.9 Å². The lowest BCUT2D eigenvalue weighted by molar-refractivity contribution is 0.0984. The maximum atomic E-state index is 13.8. The van der Waals surface area contributed by atoms with Crippen molar-refractivity contribution in [2.45, 2.75) is 6.54 Å². The van der Waals surface area contributed by atoms with E-state index in [1.807, 2.05) is 66.7 Å². The zero-order valence-electron chi connectivity index (χ0n) is 20.6. The number of aromatic nitrogens is 2. The number of amides is 2. The van der Waals surface area contributed by atoms with Gasteiger partial charge in [0, 0.05) is 34.8 Å². The summed E-state index contributed by atoms with van der Waals surface area (Å²) >= 11 is 6.63. The number of halogens is 1. The van der Waals surface area contributed by atoms with E-state index in [1.165, 1.54) is 0 Å². The number of para-hydroxylation sites is 2. The number of fused-ring (bicyclic) bond motifs is 2. The largest absolute Gasteiger partial charge is 0.338 e. The van der Waals surface area contributed by atoms with Gasteiger partial charge >= 0.3 is 0 Å². The Morgan fingerprint density at radius 3 is 2.46 bits per heavy atom. The molecule has 2 amide bonds. The van der Waals surface area contributed by atoms with Crippen molar-refractivity contribution in [1.29, 1.82) is 0 Å². The fourth-order valence-corrected chi connectivity index (χ4v) is 4.86. The van der Waals surface area contributed by atoms with E-state index in [0.717, 1.165) is 22.5 Å². The summed E-state index contributed by atoms with van der Waals surface area (Å²) < 4.78 is 0. The molecule has 0 unspecified atom stereocenters. The molecule has 8 heteroatoms. The molecule has 3 aromatic carbocycles. The van der Waals surface area contributed by atoms with Gasteiger partial charge in [-0.05, 0) is 54.6 Å². The van der Waals surface area contributed by atoms with Gasteiger partial charge in [0.25, 0.3) is 11.8 Å². The third-order valence-electron chi connectivity index (χ3n) is 6.48. The normalized spacial score (nSPS) is 12.0. The van der Waals surface area contributed by atoms with Gasteiger partial charge in [-0.15, -0.1) is 0 Å². The minimum atomic E-state index is -0.303. The second-order valence-electron chi connectivity index (χ2n) is 8.95. The monoisotopic (exact) mass is 531 g/mol. The van der Waals surface area contributed by atoms with Gasteiger partial charge in [-0.3, -0.25) is 14.6 Å². The van der Waals surface area contributed by atoms with E-state index in [1.54, 1.807) is 47.6 Å². The summed E-state index contributed by atoms with van der Waals surface area (Å²) in [6.45, 7) is 0.325. The first-order valence-corrected chi connectivity index (χ1v) is 12.7. The number of carbonyl (C=O) groups excluding carboxylic acids is 2. The van der Waals surface area contributed by atoms with Gasteiger partial charge in [0.2, 0.25) is 0 Å². The van der Waals surface area contributed by atoms with Crippen LogP contribution in [-0.4, -0.2) is 21.8 Å². The molecule has 0 atom stereocenters. The molecule has 0 spiro atoms. The molecule has 0 saturated carbocycles. The highest BCUT2D eigenvalue weighted by Crippen LogP contribution is 2.36. The lowest BCUT2D eigenvalue weighted by atomic mass is 10.0. The second kappa shape index (κ2) is 10.4. The molecular formula is C31H22ClN5O2. The van der Waals surface area contributed by atoms with E-state index in [9.17, 15) is 9.59 Å². The maximum Gasteiger partial charge on any atom is 0.260 e. The zero-order valence-corrected chi connectivity index (χ0v) is 21.4. The van der Waals surface area contributed by atoms with Crippen molar-refractivity contribution in [3.8, 4) is 11.3 Å². The van der Waals surface area contributed by atoms with E-state index in [0.29, 0.717) is 34.9 Å². The molecule has 6 rings (SSSR count). The van der Waals surface area contributed by atoms with Gasteiger partial charge < -0.3 is 15.5 Å². The number of rotatable bonds is 4. The number of hydrogen-bond donors (Lipinski definition) is 2. The van der Waals surface area contributed by atoms with Gasteiger partial charge in [-0.1, -0.05) is 54.1 Å². The van der Waals surface area contributed by atoms with E-state index in [4.69, 9.17) is 11.6 Å². The highest BCUT2D eigenvalue weighted by molar-refractivity contribution is 6.35. The van der Waals surface area contributed by atoms with Crippen LogP contribution in [0, 0.1) is 0 Å². The molecule has 39 heavy (non-hydrogen) atoms. The standard InChI is InChI=1S/C31H22ClN5O2/c32-25-18-21(35-30(38)23-10-2-1-9-22(23)26-11-5-6-16-33-26)14-15-24(25)31(39)37-19-20-8-7-17-34-29(20)36-27-12-3-4-13-28(27)37/h1-18H,19H2,(H,34,36)(H,35,38). The molecule has 1 aliphatic rings. The van der Waals surface area contributed by atoms with Crippen LogP contribution >= 0.6 is 11.6 Å². The van der Waals surface area contributed by atoms with Crippen molar-refractivity contribution in [1.82, 2.24) is 9.97 Å². The average Bonchev–Trinajstić information content (AvgIpc) is 3.14. The minimum absolute atomic E-state index is 0.233. The number of nitrogens with one attached hydrogen (secondary N) is 2. The predicted molar refractivity (Wildman–Crippen MR) is 154 cm³/mol. The van der Waals surface area contributed by atoms with Crippen LogP contribution in [0.3, 0.4) is 0 Å². The summed E-state index contributed by atoms with van der Waals surface area (Å²) in [5.74, 6) is 0.141. The Bertz CT molecular complexity index is 1710. The summed E-state index contributed by atoms with van der Waals surface area (Å²) in [6.07, 6.45) is 3.40. The predicted octanol–water partition coefficient (Wildman–Crippen LogP) is 6.95. The van der Waals surface area contributed by atoms with Crippen LogP contribution in [0.15, 0.2) is 109 Å². The topological polar surface area (TPSA) is 87.2 Å². The maximum absolute atomic E-state index is 13.8. The minimum Gasteiger partial charge on any atom is -0.338 e. The summed E-state index contributed by atoms with van der Waals surface area (Å²) in [5, 5.41) is 6.46. The number of carbonyl (C=O) groups is 2. The first-order chi connectivity index (χ1) is 19.1. The first kappa shape index (κ1) is 24.3. The molecular weight excluding hydrogens is 510 g/mol. The number of anilines is 4. The molecule has 190 valence electrons. The van der Waals surface area contributed by atoms with Gasteiger partial charge in [-0.2, -0.15) is 0 Å². The van der Waals surface area contributed by atoms with Crippen LogP contribution in [0.2, 0.25) is 5.02 Å². The van der Waals surface area contributed by atoms with Crippen LogP contribution < -0.4 is 15.5 Å². The van der Waals surface area contributed by atoms with Crippen molar-refractivity contribution >= 4 is 46.3 Å². The summed E-state index contributed by atoms with van der Waals surface area (Å²) in [5.41, 5.74) is 5.08. The average molecular weight is 532 g/mol. The van der Waals surface area contributed by atoms with Crippen molar-refractivity contribution < 1.29 is 9.59 Å². The fourth-order valence-electron chi connectivity index (χ4n) is 4.59. The van der Waals surface area contributed by atoms with Crippen molar-refractivity contribution in [2.24, 2.45) is 0 Å². The van der Waals surface area contributed by atoms with Gasteiger partial charge in [0.15, 0.2) is 0 Å². The molecule has 3 heterocycles. The molecule has 2 N–H and O–H groups in total. The van der Waals surface area contributed by atoms with Gasteiger partial charge in [0.05, 0.1) is 34.2 Å². The third kappa shape index (κ3) is 4.83. The second-order valence-corrected chi connectivity index (χ2v) is 9.36. The Hall–Kier alpha value is -5.01.